The summed E-state index contributed by atoms with van der Waals surface area (Å²) < 4.78 is 5.92. The third-order valence-corrected chi connectivity index (χ3v) is 7.59. The first kappa shape index (κ1) is 24.2. The number of hydrogen-bond donors (Lipinski definition) is 0. The van der Waals surface area contributed by atoms with Gasteiger partial charge in [0.1, 0.15) is 5.03 Å². The number of carbonyl (C=O) groups is 1. The fourth-order valence-electron chi connectivity index (χ4n) is 4.72. The number of thioether (sulfide) groups is 1. The number of piperazine rings is 1. The summed E-state index contributed by atoms with van der Waals surface area (Å²) >= 11 is 7.50. The van der Waals surface area contributed by atoms with E-state index in [9.17, 15) is 4.79 Å². The lowest BCUT2D eigenvalue weighted by Gasteiger charge is -2.37. The SMILES string of the molecule is C[C@@H]1CN(c2nc3ccccc3nc2SCC(=O)N2CCN(c3ccc(Cl)cc3)CC2)C[C@H](C)O1. The van der Waals surface area contributed by atoms with Gasteiger partial charge in [-0.1, -0.05) is 35.5 Å². The largest absolute Gasteiger partial charge is 0.372 e. The molecule has 2 fully saturated rings. The van der Waals surface area contributed by atoms with E-state index in [0.29, 0.717) is 18.8 Å². The second-order valence-corrected chi connectivity index (χ2v) is 10.5. The van der Waals surface area contributed by atoms with Crippen LogP contribution in [0, 0.1) is 0 Å². The lowest BCUT2D eigenvalue weighted by atomic mass is 10.2. The second-order valence-electron chi connectivity index (χ2n) is 9.14. The Morgan fingerprint density at radius 2 is 1.57 bits per heavy atom. The molecule has 1 amide bonds. The Bertz CT molecular complexity index is 1180. The van der Waals surface area contributed by atoms with E-state index in [0.717, 1.165) is 58.8 Å². The van der Waals surface area contributed by atoms with Crippen molar-refractivity contribution in [2.45, 2.75) is 31.1 Å². The van der Waals surface area contributed by atoms with Crippen molar-refractivity contribution < 1.29 is 9.53 Å². The maximum absolute atomic E-state index is 13.1. The van der Waals surface area contributed by atoms with Gasteiger partial charge < -0.3 is 19.4 Å². The molecule has 2 atom stereocenters. The van der Waals surface area contributed by atoms with Crippen molar-refractivity contribution in [2.24, 2.45) is 0 Å². The number of halogens is 1. The van der Waals surface area contributed by atoms with Gasteiger partial charge in [-0.05, 0) is 50.2 Å². The Morgan fingerprint density at radius 1 is 0.943 bits per heavy atom. The Labute approximate surface area is 215 Å². The first-order chi connectivity index (χ1) is 17.0. The summed E-state index contributed by atoms with van der Waals surface area (Å²) in [6.07, 6.45) is 0.229. The number of morpholine rings is 1. The van der Waals surface area contributed by atoms with Crippen molar-refractivity contribution in [2.75, 3.05) is 54.8 Å². The number of carbonyl (C=O) groups excluding carboxylic acids is 1. The van der Waals surface area contributed by atoms with Crippen molar-refractivity contribution in [3.8, 4) is 0 Å². The smallest absolute Gasteiger partial charge is 0.233 e. The molecule has 184 valence electrons. The maximum Gasteiger partial charge on any atom is 0.233 e. The van der Waals surface area contributed by atoms with Gasteiger partial charge in [0.15, 0.2) is 5.82 Å². The van der Waals surface area contributed by atoms with Gasteiger partial charge in [-0.15, -0.1) is 0 Å². The number of rotatable bonds is 5. The van der Waals surface area contributed by atoms with E-state index in [1.165, 1.54) is 11.8 Å². The van der Waals surface area contributed by atoms with E-state index in [1.54, 1.807) is 0 Å². The zero-order valence-corrected chi connectivity index (χ0v) is 21.6. The van der Waals surface area contributed by atoms with Crippen LogP contribution in [0.4, 0.5) is 11.5 Å². The quantitative estimate of drug-likeness (QED) is 0.472. The Kier molecular flexibility index (Phi) is 7.32. The summed E-state index contributed by atoms with van der Waals surface area (Å²) in [5, 5.41) is 1.54. The van der Waals surface area contributed by atoms with Crippen molar-refractivity contribution in [3.05, 3.63) is 53.6 Å². The van der Waals surface area contributed by atoms with Gasteiger partial charge in [-0.3, -0.25) is 4.79 Å². The lowest BCUT2D eigenvalue weighted by molar-refractivity contribution is -0.128. The van der Waals surface area contributed by atoms with E-state index in [2.05, 4.69) is 23.6 Å². The fourth-order valence-corrected chi connectivity index (χ4v) is 5.75. The lowest BCUT2D eigenvalue weighted by Crippen LogP contribution is -2.49. The zero-order valence-electron chi connectivity index (χ0n) is 20.1. The van der Waals surface area contributed by atoms with Gasteiger partial charge in [-0.25, -0.2) is 9.97 Å². The number of hydrogen-bond acceptors (Lipinski definition) is 7. The van der Waals surface area contributed by atoms with E-state index in [4.69, 9.17) is 26.3 Å². The van der Waals surface area contributed by atoms with Crippen LogP contribution in [0.25, 0.3) is 11.0 Å². The third kappa shape index (κ3) is 5.66. The number of aromatic nitrogens is 2. The highest BCUT2D eigenvalue weighted by molar-refractivity contribution is 8.00. The first-order valence-corrected chi connectivity index (χ1v) is 13.4. The third-order valence-electron chi connectivity index (χ3n) is 6.40. The Hall–Kier alpha value is -2.55. The van der Waals surface area contributed by atoms with Crippen LogP contribution in [0.3, 0.4) is 0 Å². The minimum Gasteiger partial charge on any atom is -0.372 e. The molecule has 2 aromatic carbocycles. The van der Waals surface area contributed by atoms with Crippen LogP contribution in [0.15, 0.2) is 53.6 Å². The van der Waals surface area contributed by atoms with Crippen LogP contribution >= 0.6 is 23.4 Å². The zero-order chi connectivity index (χ0) is 24.4. The molecule has 0 spiro atoms. The minimum atomic E-state index is 0.114. The highest BCUT2D eigenvalue weighted by Gasteiger charge is 2.27. The number of para-hydroxylation sites is 2. The second kappa shape index (κ2) is 10.6. The molecule has 2 aliphatic rings. The van der Waals surface area contributed by atoms with E-state index >= 15 is 0 Å². The molecule has 35 heavy (non-hydrogen) atoms. The molecule has 0 bridgehead atoms. The topological polar surface area (TPSA) is 61.8 Å². The number of amides is 1. The average molecular weight is 512 g/mol. The van der Waals surface area contributed by atoms with E-state index < -0.39 is 0 Å². The predicted molar refractivity (Wildman–Crippen MR) is 143 cm³/mol. The van der Waals surface area contributed by atoms with E-state index in [-0.39, 0.29) is 18.1 Å². The van der Waals surface area contributed by atoms with Crippen molar-refractivity contribution in [3.63, 3.8) is 0 Å². The van der Waals surface area contributed by atoms with Gasteiger partial charge in [0.25, 0.3) is 0 Å². The highest BCUT2D eigenvalue weighted by Crippen LogP contribution is 2.31. The molecule has 1 aromatic heterocycles. The molecule has 0 unspecified atom stereocenters. The van der Waals surface area contributed by atoms with Crippen molar-refractivity contribution in [1.82, 2.24) is 14.9 Å². The molecule has 0 aliphatic carbocycles. The Morgan fingerprint density at radius 3 is 2.23 bits per heavy atom. The molecule has 0 N–H and O–H groups in total. The van der Waals surface area contributed by atoms with Crippen LogP contribution in [0.1, 0.15) is 13.8 Å². The summed E-state index contributed by atoms with van der Waals surface area (Å²) in [5.74, 6) is 1.32. The normalized spacial score (nSPS) is 20.9. The molecule has 3 aromatic rings. The minimum absolute atomic E-state index is 0.114. The number of benzene rings is 2. The molecule has 0 radical (unpaired) electrons. The summed E-state index contributed by atoms with van der Waals surface area (Å²) in [7, 11) is 0. The van der Waals surface area contributed by atoms with Crippen molar-refractivity contribution >= 4 is 51.8 Å². The summed E-state index contributed by atoms with van der Waals surface area (Å²) in [6, 6.07) is 15.8. The molecular weight excluding hydrogens is 482 g/mol. The summed E-state index contributed by atoms with van der Waals surface area (Å²) in [6.45, 7) is 8.70. The molecule has 7 nitrogen and oxygen atoms in total. The van der Waals surface area contributed by atoms with Crippen LogP contribution in [0.5, 0.6) is 0 Å². The van der Waals surface area contributed by atoms with Crippen LogP contribution < -0.4 is 9.80 Å². The molecule has 2 saturated heterocycles. The van der Waals surface area contributed by atoms with Crippen LogP contribution in [-0.2, 0) is 9.53 Å². The first-order valence-electron chi connectivity index (χ1n) is 12.0. The standard InChI is InChI=1S/C26H30ClN5O2S/c1-18-15-32(16-19(2)34-18)25-26(29-23-6-4-3-5-22(23)28-25)35-17-24(33)31-13-11-30(12-14-31)21-9-7-20(27)8-10-21/h3-10,18-19H,11-17H2,1-2H3/t18-,19+. The number of ether oxygens (including phenoxy) is 1. The van der Waals surface area contributed by atoms with Gasteiger partial charge in [-0.2, -0.15) is 0 Å². The predicted octanol–water partition coefficient (Wildman–Crippen LogP) is 4.34. The average Bonchev–Trinajstić information content (AvgIpc) is 2.86. The molecular formula is C26H30ClN5O2S. The van der Waals surface area contributed by atoms with Crippen LogP contribution in [-0.4, -0.2) is 78.0 Å². The van der Waals surface area contributed by atoms with Gasteiger partial charge in [0.2, 0.25) is 5.91 Å². The number of nitrogens with zero attached hydrogens (tertiary/aromatic N) is 5. The number of anilines is 2. The highest BCUT2D eigenvalue weighted by atomic mass is 35.5. The van der Waals surface area contributed by atoms with Crippen LogP contribution in [0.2, 0.25) is 5.02 Å². The molecule has 0 saturated carbocycles. The van der Waals surface area contributed by atoms with Crippen molar-refractivity contribution in [1.29, 1.82) is 0 Å². The molecule has 5 rings (SSSR count). The van der Waals surface area contributed by atoms with Gasteiger partial charge >= 0.3 is 0 Å². The summed E-state index contributed by atoms with van der Waals surface area (Å²) in [4.78, 5) is 29.4. The van der Waals surface area contributed by atoms with Gasteiger partial charge in [0, 0.05) is 50.0 Å². The Balaban J connectivity index is 1.27. The summed E-state index contributed by atoms with van der Waals surface area (Å²) in [5.41, 5.74) is 2.85. The molecule has 2 aliphatic heterocycles. The number of fused-ring (bicyclic) bond motifs is 1. The molecule has 3 heterocycles. The van der Waals surface area contributed by atoms with Gasteiger partial charge in [0.05, 0.1) is 29.0 Å². The maximum atomic E-state index is 13.1. The van der Waals surface area contributed by atoms with E-state index in [1.807, 2.05) is 53.4 Å². The monoisotopic (exact) mass is 511 g/mol. The molecule has 9 heteroatoms. The fraction of sp³-hybridized carbons (Fsp3) is 0.423.